The number of anilines is 3. The Morgan fingerprint density at radius 2 is 1.95 bits per heavy atom. The molecule has 2 saturated heterocycles. The van der Waals surface area contributed by atoms with Crippen molar-refractivity contribution in [1.82, 2.24) is 4.90 Å². The molecular weight excluding hydrogens is 601 g/mol. The van der Waals surface area contributed by atoms with Gasteiger partial charge in [0.05, 0.1) is 58.9 Å². The van der Waals surface area contributed by atoms with Crippen LogP contribution in [0.3, 0.4) is 0 Å². The molecule has 2 fully saturated rings. The van der Waals surface area contributed by atoms with Crippen LogP contribution in [0.1, 0.15) is 16.9 Å². The van der Waals surface area contributed by atoms with Gasteiger partial charge in [-0.15, -0.1) is 11.3 Å². The van der Waals surface area contributed by atoms with Crippen LogP contribution in [0.15, 0.2) is 30.3 Å². The molecule has 0 bridgehead atoms. The van der Waals surface area contributed by atoms with Gasteiger partial charge in [-0.1, -0.05) is 24.0 Å². The number of hydrogen-bond acceptors (Lipinski definition) is 8. The second-order valence-electron chi connectivity index (χ2n) is 10.7. The summed E-state index contributed by atoms with van der Waals surface area (Å²) < 4.78 is 82.2. The maximum atomic E-state index is 15.1. The van der Waals surface area contributed by atoms with Crippen LogP contribution in [0, 0.1) is 29.0 Å². The van der Waals surface area contributed by atoms with Crippen molar-refractivity contribution >= 4 is 38.5 Å². The molecular formula is C31H32F5N5O2S. The smallest absolute Gasteiger partial charge is 0.393 e. The molecule has 2 aliphatic rings. The number of hydrogen-bond donors (Lipinski definition) is 2. The molecule has 0 amide bonds. The van der Waals surface area contributed by atoms with Crippen molar-refractivity contribution < 1.29 is 31.4 Å². The van der Waals surface area contributed by atoms with Gasteiger partial charge in [-0.2, -0.15) is 18.4 Å². The number of rotatable bonds is 8. The van der Waals surface area contributed by atoms with E-state index in [0.717, 1.165) is 11.3 Å². The summed E-state index contributed by atoms with van der Waals surface area (Å²) in [6, 6.07) is 9.25. The molecule has 44 heavy (non-hydrogen) atoms. The molecule has 0 radical (unpaired) electrons. The number of halogens is 5. The largest absolute Gasteiger partial charge is 0.477 e. The topological polar surface area (TPSA) is 72.8 Å². The van der Waals surface area contributed by atoms with Crippen LogP contribution in [0.25, 0.3) is 10.1 Å². The molecule has 2 unspecified atom stereocenters. The van der Waals surface area contributed by atoms with Crippen molar-refractivity contribution in [2.75, 3.05) is 75.1 Å². The number of nitrogens with one attached hydrogen (secondary N) is 2. The second kappa shape index (κ2) is 13.9. The lowest BCUT2D eigenvalue weighted by molar-refractivity contribution is -0.126. The van der Waals surface area contributed by atoms with E-state index in [1.54, 1.807) is 18.2 Å². The van der Waals surface area contributed by atoms with Gasteiger partial charge < -0.3 is 29.9 Å². The number of piperidine rings is 1. The maximum absolute atomic E-state index is 15.1. The first-order chi connectivity index (χ1) is 21.1. The number of fused-ring (bicyclic) bond motifs is 1. The third-order valence-corrected chi connectivity index (χ3v) is 8.74. The number of benzene rings is 2. The summed E-state index contributed by atoms with van der Waals surface area (Å²) in [5, 5.41) is 15.6. The molecule has 2 atom stereocenters. The molecule has 1 aromatic heterocycles. The third kappa shape index (κ3) is 7.65. The Morgan fingerprint density at radius 3 is 2.68 bits per heavy atom. The molecule has 2 aromatic carbocycles. The van der Waals surface area contributed by atoms with Gasteiger partial charge >= 0.3 is 6.18 Å². The van der Waals surface area contributed by atoms with Crippen molar-refractivity contribution in [3.8, 4) is 23.7 Å². The highest BCUT2D eigenvalue weighted by Gasteiger charge is 2.32. The summed E-state index contributed by atoms with van der Waals surface area (Å²) in [7, 11) is 1.85. The van der Waals surface area contributed by atoms with E-state index >= 15 is 4.39 Å². The summed E-state index contributed by atoms with van der Waals surface area (Å²) in [5.74, 6) is 5.49. The van der Waals surface area contributed by atoms with Gasteiger partial charge in [0, 0.05) is 38.3 Å². The summed E-state index contributed by atoms with van der Waals surface area (Å²) in [5.41, 5.74) is 1.23. The van der Waals surface area contributed by atoms with E-state index in [1.165, 1.54) is 12.1 Å². The van der Waals surface area contributed by atoms with Crippen molar-refractivity contribution in [2.45, 2.75) is 31.2 Å². The molecule has 0 saturated carbocycles. The Balaban J connectivity index is 1.39. The van der Waals surface area contributed by atoms with Crippen molar-refractivity contribution in [2.24, 2.45) is 0 Å². The predicted octanol–water partition coefficient (Wildman–Crippen LogP) is 5.80. The van der Waals surface area contributed by atoms with Gasteiger partial charge in [0.25, 0.3) is 0 Å². The first-order valence-electron chi connectivity index (χ1n) is 14.2. The van der Waals surface area contributed by atoms with Gasteiger partial charge in [0.1, 0.15) is 23.8 Å². The first kappa shape index (κ1) is 31.6. The van der Waals surface area contributed by atoms with Gasteiger partial charge in [0.2, 0.25) is 0 Å². The fraction of sp³-hybridized carbons (Fsp3) is 0.452. The van der Waals surface area contributed by atoms with E-state index in [2.05, 4.69) is 22.5 Å². The average molecular weight is 634 g/mol. The molecule has 0 aliphatic carbocycles. The highest BCUT2D eigenvalue weighted by molar-refractivity contribution is 7.20. The zero-order valence-corrected chi connectivity index (χ0v) is 24.9. The number of thiophene rings is 1. The van der Waals surface area contributed by atoms with Crippen LogP contribution in [-0.4, -0.2) is 82.9 Å². The van der Waals surface area contributed by atoms with Crippen LogP contribution in [0.4, 0.5) is 39.0 Å². The fourth-order valence-electron chi connectivity index (χ4n) is 5.40. The van der Waals surface area contributed by atoms with Crippen LogP contribution in [0.2, 0.25) is 0 Å². The van der Waals surface area contributed by atoms with E-state index in [1.807, 2.05) is 22.9 Å². The minimum absolute atomic E-state index is 0.0246. The van der Waals surface area contributed by atoms with Crippen LogP contribution in [-0.2, 0) is 11.2 Å². The van der Waals surface area contributed by atoms with Crippen LogP contribution < -0.4 is 20.3 Å². The standard InChI is InChI=1S/C31H32F5N5O2S/c1-40-10-7-24(23(33)19-40)39-25-5-2-4-20-21(18-31(34,35)36)29(44-30(20)25)6-3-9-38-26-16-22(32)27(17-28(26)43-13-8-37)41-11-14-42-15-12-41/h2,4-5,16-17,23-24,38-39H,7,9-15,18-19H2,1H3. The number of morpholine rings is 1. The van der Waals surface area contributed by atoms with Gasteiger partial charge in [-0.05, 0) is 30.5 Å². The van der Waals surface area contributed by atoms with Gasteiger partial charge in [-0.3, -0.25) is 0 Å². The molecule has 3 aromatic rings. The zero-order chi connectivity index (χ0) is 31.3. The zero-order valence-electron chi connectivity index (χ0n) is 24.1. The lowest BCUT2D eigenvalue weighted by Gasteiger charge is -2.33. The number of alkyl halides is 4. The lowest BCUT2D eigenvalue weighted by atomic mass is 10.0. The summed E-state index contributed by atoms with van der Waals surface area (Å²) in [6.07, 6.45) is -6.16. The van der Waals surface area contributed by atoms with E-state index in [-0.39, 0.29) is 41.6 Å². The number of nitrogens with zero attached hydrogens (tertiary/aromatic N) is 3. The monoisotopic (exact) mass is 633 g/mol. The van der Waals surface area contributed by atoms with E-state index < -0.39 is 30.6 Å². The minimum Gasteiger partial charge on any atom is -0.477 e. The van der Waals surface area contributed by atoms with Crippen LogP contribution >= 0.6 is 11.3 Å². The fourth-order valence-corrected chi connectivity index (χ4v) is 6.57. The second-order valence-corrected chi connectivity index (χ2v) is 11.7. The molecule has 3 heterocycles. The van der Waals surface area contributed by atoms with Crippen molar-refractivity contribution in [3.05, 3.63) is 46.6 Å². The Hall–Kier alpha value is -3.78. The Bertz CT molecular complexity index is 1570. The van der Waals surface area contributed by atoms with E-state index in [4.69, 9.17) is 14.7 Å². The van der Waals surface area contributed by atoms with Crippen molar-refractivity contribution in [1.29, 1.82) is 5.26 Å². The molecule has 2 N–H and O–H groups in total. The van der Waals surface area contributed by atoms with E-state index in [9.17, 15) is 17.6 Å². The molecule has 5 rings (SSSR count). The highest BCUT2D eigenvalue weighted by Crippen LogP contribution is 2.40. The number of likely N-dealkylation sites (tertiary alicyclic amines) is 1. The van der Waals surface area contributed by atoms with Crippen molar-refractivity contribution in [3.63, 3.8) is 0 Å². The molecule has 7 nitrogen and oxygen atoms in total. The Kier molecular flexibility index (Phi) is 9.99. The SMILES string of the molecule is CN1CCC(Nc2cccc3c(CC(F)(F)F)c(C#CCNc4cc(F)c(N5CCOCC5)cc4OCC#N)sc23)C(F)C1. The first-order valence-corrected chi connectivity index (χ1v) is 15.0. The lowest BCUT2D eigenvalue weighted by Crippen LogP contribution is -2.46. The molecule has 2 aliphatic heterocycles. The summed E-state index contributed by atoms with van der Waals surface area (Å²) in [4.78, 5) is 3.99. The quantitative estimate of drug-likeness (QED) is 0.240. The molecule has 0 spiro atoms. The maximum Gasteiger partial charge on any atom is 0.393 e. The van der Waals surface area contributed by atoms with Gasteiger partial charge in [0.15, 0.2) is 6.61 Å². The van der Waals surface area contributed by atoms with Gasteiger partial charge in [-0.25, -0.2) is 8.78 Å². The van der Waals surface area contributed by atoms with E-state index in [0.29, 0.717) is 60.7 Å². The normalized spacial score (nSPS) is 19.2. The highest BCUT2D eigenvalue weighted by atomic mass is 32.1. The average Bonchev–Trinajstić information content (AvgIpc) is 3.33. The predicted molar refractivity (Wildman–Crippen MR) is 162 cm³/mol. The Labute approximate surface area is 256 Å². The van der Waals surface area contributed by atoms with Crippen LogP contribution in [0.5, 0.6) is 5.75 Å². The molecule has 234 valence electrons. The summed E-state index contributed by atoms with van der Waals surface area (Å²) in [6.45, 7) is 2.65. The Morgan fingerprint density at radius 1 is 1.16 bits per heavy atom. The third-order valence-electron chi connectivity index (χ3n) is 7.54. The molecule has 13 heteroatoms. The number of nitriles is 1. The number of ether oxygens (including phenoxy) is 2. The minimum atomic E-state index is -4.46. The summed E-state index contributed by atoms with van der Waals surface area (Å²) >= 11 is 1.13.